The summed E-state index contributed by atoms with van der Waals surface area (Å²) in [6.45, 7) is 4.16. The van der Waals surface area contributed by atoms with Gasteiger partial charge in [0.1, 0.15) is 6.54 Å². The fraction of sp³-hybridized carbons (Fsp3) is 0.318. The second kappa shape index (κ2) is 8.35. The topological polar surface area (TPSA) is 62.1 Å². The second-order valence-corrected chi connectivity index (χ2v) is 7.93. The van der Waals surface area contributed by atoms with Crippen molar-refractivity contribution in [3.8, 4) is 0 Å². The molecular formula is C22H23ClN3O3+. The lowest BCUT2D eigenvalue weighted by Gasteiger charge is -2.32. The van der Waals surface area contributed by atoms with E-state index in [-0.39, 0.29) is 30.7 Å². The van der Waals surface area contributed by atoms with Gasteiger partial charge in [-0.3, -0.25) is 19.3 Å². The van der Waals surface area contributed by atoms with Crippen LogP contribution in [0.4, 0.5) is 0 Å². The van der Waals surface area contributed by atoms with Gasteiger partial charge in [0, 0.05) is 23.6 Å². The van der Waals surface area contributed by atoms with E-state index in [2.05, 4.69) is 0 Å². The first-order valence-electron chi connectivity index (χ1n) is 9.84. The number of carbonyl (C=O) groups is 3. The molecule has 0 aliphatic carbocycles. The van der Waals surface area contributed by atoms with Crippen LogP contribution >= 0.6 is 11.6 Å². The molecule has 0 aromatic heterocycles. The van der Waals surface area contributed by atoms with Crippen LogP contribution in [0.1, 0.15) is 32.7 Å². The first-order valence-corrected chi connectivity index (χ1v) is 10.2. The monoisotopic (exact) mass is 412 g/mol. The maximum atomic E-state index is 12.6. The van der Waals surface area contributed by atoms with Gasteiger partial charge < -0.3 is 9.80 Å². The van der Waals surface area contributed by atoms with Crippen molar-refractivity contribution in [2.24, 2.45) is 0 Å². The van der Waals surface area contributed by atoms with E-state index in [0.717, 1.165) is 24.7 Å². The molecule has 29 heavy (non-hydrogen) atoms. The quantitative estimate of drug-likeness (QED) is 0.752. The predicted molar refractivity (Wildman–Crippen MR) is 109 cm³/mol. The van der Waals surface area contributed by atoms with E-state index in [1.165, 1.54) is 15.4 Å². The number of hydrogen-bond acceptors (Lipinski definition) is 3. The molecule has 2 heterocycles. The zero-order valence-electron chi connectivity index (χ0n) is 16.1. The molecule has 2 aliphatic heterocycles. The van der Waals surface area contributed by atoms with Crippen molar-refractivity contribution in [1.29, 1.82) is 0 Å². The Bertz CT molecular complexity index is 902. The lowest BCUT2D eigenvalue weighted by atomic mass is 10.1. The number of rotatable bonds is 5. The lowest BCUT2D eigenvalue weighted by Crippen LogP contribution is -3.13. The molecule has 0 bridgehead atoms. The fourth-order valence-electron chi connectivity index (χ4n) is 3.95. The third kappa shape index (κ3) is 4.18. The molecule has 3 amide bonds. The van der Waals surface area contributed by atoms with Crippen molar-refractivity contribution in [1.82, 2.24) is 9.80 Å². The van der Waals surface area contributed by atoms with E-state index < -0.39 is 0 Å². The van der Waals surface area contributed by atoms with Gasteiger partial charge in [-0.2, -0.15) is 0 Å². The van der Waals surface area contributed by atoms with Gasteiger partial charge in [0.05, 0.1) is 37.3 Å². The first-order chi connectivity index (χ1) is 14.0. The number of piperazine rings is 1. The van der Waals surface area contributed by atoms with Gasteiger partial charge >= 0.3 is 0 Å². The van der Waals surface area contributed by atoms with Crippen LogP contribution in [0.25, 0.3) is 0 Å². The van der Waals surface area contributed by atoms with E-state index in [4.69, 9.17) is 11.6 Å². The van der Waals surface area contributed by atoms with Crippen LogP contribution in [0, 0.1) is 0 Å². The highest BCUT2D eigenvalue weighted by molar-refractivity contribution is 6.30. The standard InChI is InChI=1S/C22H22ClN3O3/c23-17-7-5-16(6-8-17)15-24-11-13-25(14-12-24)20(27)9-10-26-21(28)18-3-1-2-4-19(18)22(26)29/h1-8H,9-15H2/p+1. The Morgan fingerprint density at radius 1 is 0.931 bits per heavy atom. The first kappa shape index (κ1) is 19.6. The number of halogens is 1. The SMILES string of the molecule is O=C(CCN1C(=O)c2ccccc2C1=O)N1CC[NH+](Cc2ccc(Cl)cc2)CC1. The van der Waals surface area contributed by atoms with Crippen molar-refractivity contribution in [3.05, 3.63) is 70.2 Å². The molecule has 1 saturated heterocycles. The summed E-state index contributed by atoms with van der Waals surface area (Å²) >= 11 is 5.93. The number of nitrogens with zero attached hydrogens (tertiary/aromatic N) is 2. The predicted octanol–water partition coefficient (Wildman–Crippen LogP) is 1.25. The van der Waals surface area contributed by atoms with Gasteiger partial charge in [-0.25, -0.2) is 0 Å². The van der Waals surface area contributed by atoms with Crippen LogP contribution < -0.4 is 4.90 Å². The molecule has 1 N–H and O–H groups in total. The van der Waals surface area contributed by atoms with Crippen molar-refractivity contribution in [2.45, 2.75) is 13.0 Å². The zero-order chi connectivity index (χ0) is 20.4. The van der Waals surface area contributed by atoms with Gasteiger partial charge in [0.15, 0.2) is 0 Å². The summed E-state index contributed by atoms with van der Waals surface area (Å²) in [7, 11) is 0. The van der Waals surface area contributed by atoms with Crippen LogP contribution in [0.15, 0.2) is 48.5 Å². The van der Waals surface area contributed by atoms with E-state index in [1.54, 1.807) is 24.3 Å². The Morgan fingerprint density at radius 3 is 2.10 bits per heavy atom. The van der Waals surface area contributed by atoms with Gasteiger partial charge in [0.25, 0.3) is 11.8 Å². The van der Waals surface area contributed by atoms with Crippen LogP contribution in [-0.2, 0) is 11.3 Å². The van der Waals surface area contributed by atoms with E-state index >= 15 is 0 Å². The minimum absolute atomic E-state index is 0.00732. The summed E-state index contributed by atoms with van der Waals surface area (Å²) in [5.41, 5.74) is 2.07. The molecule has 0 unspecified atom stereocenters. The van der Waals surface area contributed by atoms with Crippen molar-refractivity contribution in [2.75, 3.05) is 32.7 Å². The van der Waals surface area contributed by atoms with Crippen LogP contribution in [0.5, 0.6) is 0 Å². The minimum Gasteiger partial charge on any atom is -0.331 e. The Kier molecular flexibility index (Phi) is 5.65. The van der Waals surface area contributed by atoms with Gasteiger partial charge in [-0.15, -0.1) is 0 Å². The smallest absolute Gasteiger partial charge is 0.261 e. The lowest BCUT2D eigenvalue weighted by molar-refractivity contribution is -0.917. The van der Waals surface area contributed by atoms with Crippen molar-refractivity contribution < 1.29 is 19.3 Å². The number of quaternary nitrogens is 1. The van der Waals surface area contributed by atoms with Gasteiger partial charge in [-0.05, 0) is 24.3 Å². The van der Waals surface area contributed by atoms with E-state index in [1.807, 2.05) is 29.2 Å². The molecule has 2 aromatic carbocycles. The number of carbonyl (C=O) groups excluding carboxylic acids is 3. The molecule has 0 atom stereocenters. The van der Waals surface area contributed by atoms with Crippen LogP contribution in [0.2, 0.25) is 5.02 Å². The molecule has 4 rings (SSSR count). The molecule has 6 nitrogen and oxygen atoms in total. The summed E-state index contributed by atoms with van der Waals surface area (Å²) in [6.07, 6.45) is 0.165. The van der Waals surface area contributed by atoms with E-state index in [0.29, 0.717) is 24.2 Å². The molecule has 150 valence electrons. The summed E-state index contributed by atoms with van der Waals surface area (Å²) in [6, 6.07) is 14.7. The largest absolute Gasteiger partial charge is 0.331 e. The van der Waals surface area contributed by atoms with Gasteiger partial charge in [0.2, 0.25) is 5.91 Å². The number of amides is 3. The maximum absolute atomic E-state index is 12.6. The molecule has 7 heteroatoms. The number of benzene rings is 2. The number of imide groups is 1. The average molecular weight is 413 g/mol. The van der Waals surface area contributed by atoms with Crippen LogP contribution in [-0.4, -0.2) is 60.2 Å². The fourth-order valence-corrected chi connectivity index (χ4v) is 4.07. The molecule has 0 radical (unpaired) electrons. The molecular weight excluding hydrogens is 390 g/mol. The molecule has 2 aromatic rings. The highest BCUT2D eigenvalue weighted by Gasteiger charge is 2.35. The summed E-state index contributed by atoms with van der Waals surface area (Å²) in [5, 5.41) is 0.734. The summed E-state index contributed by atoms with van der Waals surface area (Å²) < 4.78 is 0. The van der Waals surface area contributed by atoms with E-state index in [9.17, 15) is 14.4 Å². The molecule has 2 aliphatic rings. The van der Waals surface area contributed by atoms with Crippen molar-refractivity contribution >= 4 is 29.3 Å². The minimum atomic E-state index is -0.310. The molecule has 1 fully saturated rings. The number of fused-ring (bicyclic) bond motifs is 1. The maximum Gasteiger partial charge on any atom is 0.261 e. The third-order valence-electron chi connectivity index (χ3n) is 5.62. The average Bonchev–Trinajstić information content (AvgIpc) is 2.99. The Hall–Kier alpha value is -2.70. The highest BCUT2D eigenvalue weighted by atomic mass is 35.5. The number of nitrogens with one attached hydrogen (secondary N) is 1. The normalized spacial score (nSPS) is 17.0. The van der Waals surface area contributed by atoms with Crippen LogP contribution in [0.3, 0.4) is 0 Å². The Morgan fingerprint density at radius 2 is 1.52 bits per heavy atom. The second-order valence-electron chi connectivity index (χ2n) is 7.49. The number of hydrogen-bond donors (Lipinski definition) is 1. The summed E-state index contributed by atoms with van der Waals surface area (Å²) in [5.74, 6) is -0.627. The molecule has 0 spiro atoms. The van der Waals surface area contributed by atoms with Gasteiger partial charge in [-0.1, -0.05) is 35.9 Å². The molecule has 0 saturated carbocycles. The zero-order valence-corrected chi connectivity index (χ0v) is 16.8. The Balaban J connectivity index is 1.26. The third-order valence-corrected chi connectivity index (χ3v) is 5.87. The van der Waals surface area contributed by atoms with Crippen molar-refractivity contribution in [3.63, 3.8) is 0 Å². The highest BCUT2D eigenvalue weighted by Crippen LogP contribution is 2.22. The summed E-state index contributed by atoms with van der Waals surface area (Å²) in [4.78, 5) is 41.9. The Labute approximate surface area is 174 Å².